The zero-order valence-corrected chi connectivity index (χ0v) is 11.6. The average molecular weight is 309 g/mol. The molecule has 0 radical (unpaired) electrons. The zero-order chi connectivity index (χ0) is 12.0. The van der Waals surface area contributed by atoms with Crippen molar-refractivity contribution in [1.82, 2.24) is 5.32 Å². The number of alkyl halides is 1. The van der Waals surface area contributed by atoms with Crippen LogP contribution in [0, 0.1) is 5.82 Å². The lowest BCUT2D eigenvalue weighted by Crippen LogP contribution is -2.28. The van der Waals surface area contributed by atoms with E-state index in [1.165, 1.54) is 6.07 Å². The van der Waals surface area contributed by atoms with Crippen molar-refractivity contribution < 1.29 is 4.39 Å². The van der Waals surface area contributed by atoms with E-state index in [-0.39, 0.29) is 5.82 Å². The van der Waals surface area contributed by atoms with E-state index in [0.717, 1.165) is 17.3 Å². The third-order valence-electron chi connectivity index (χ3n) is 2.55. The molecule has 0 heterocycles. The minimum Gasteiger partial charge on any atom is -0.310 e. The van der Waals surface area contributed by atoms with Gasteiger partial charge in [-0.15, -0.1) is 11.6 Å². The van der Waals surface area contributed by atoms with Crippen molar-refractivity contribution in [3.05, 3.63) is 34.1 Å². The van der Waals surface area contributed by atoms with Gasteiger partial charge in [0, 0.05) is 28.5 Å². The first-order chi connectivity index (χ1) is 7.67. The summed E-state index contributed by atoms with van der Waals surface area (Å²) < 4.78 is 14.3. The molecule has 0 amide bonds. The Kier molecular flexibility index (Phi) is 6.32. The van der Waals surface area contributed by atoms with Crippen LogP contribution >= 0.6 is 27.5 Å². The lowest BCUT2D eigenvalue weighted by atomic mass is 10.1. The fourth-order valence-corrected chi connectivity index (χ4v) is 2.10. The summed E-state index contributed by atoms with van der Waals surface area (Å²) in [6, 6.07) is 5.49. The molecular formula is C12H16BrClFN. The van der Waals surface area contributed by atoms with E-state index in [9.17, 15) is 4.39 Å². The van der Waals surface area contributed by atoms with Gasteiger partial charge in [-0.1, -0.05) is 28.9 Å². The molecule has 1 aromatic rings. The maximum atomic E-state index is 13.5. The number of hydrogen-bond donors (Lipinski definition) is 1. The quantitative estimate of drug-likeness (QED) is 0.781. The number of rotatable bonds is 6. The molecule has 0 aliphatic rings. The fraction of sp³-hybridized carbons (Fsp3) is 0.500. The monoisotopic (exact) mass is 307 g/mol. The van der Waals surface area contributed by atoms with E-state index in [2.05, 4.69) is 28.2 Å². The van der Waals surface area contributed by atoms with Crippen LogP contribution < -0.4 is 5.32 Å². The normalized spacial score (nSPS) is 12.8. The van der Waals surface area contributed by atoms with Gasteiger partial charge in [-0.25, -0.2) is 4.39 Å². The second-order valence-electron chi connectivity index (χ2n) is 3.70. The Morgan fingerprint density at radius 3 is 2.81 bits per heavy atom. The lowest BCUT2D eigenvalue weighted by Gasteiger charge is -2.15. The maximum absolute atomic E-state index is 13.5. The molecule has 0 aliphatic carbocycles. The van der Waals surface area contributed by atoms with Crippen LogP contribution in [0.2, 0.25) is 0 Å². The minimum absolute atomic E-state index is 0.178. The predicted molar refractivity (Wildman–Crippen MR) is 70.4 cm³/mol. The van der Waals surface area contributed by atoms with Crippen molar-refractivity contribution in [2.24, 2.45) is 0 Å². The summed E-state index contributed by atoms with van der Waals surface area (Å²) in [5.74, 6) is 0.455. The van der Waals surface area contributed by atoms with Gasteiger partial charge in [-0.3, -0.25) is 0 Å². The van der Waals surface area contributed by atoms with Crippen LogP contribution in [0.15, 0.2) is 22.7 Å². The van der Waals surface area contributed by atoms with Gasteiger partial charge in [0.25, 0.3) is 0 Å². The minimum atomic E-state index is -0.178. The first-order valence-electron chi connectivity index (χ1n) is 5.40. The highest BCUT2D eigenvalue weighted by atomic mass is 79.9. The van der Waals surface area contributed by atoms with Crippen LogP contribution in [-0.4, -0.2) is 11.9 Å². The molecule has 1 atom stereocenters. The molecule has 1 N–H and O–H groups in total. The Hall–Kier alpha value is -0.120. The molecule has 16 heavy (non-hydrogen) atoms. The molecular weight excluding hydrogens is 292 g/mol. The van der Waals surface area contributed by atoms with Gasteiger partial charge in [-0.2, -0.15) is 0 Å². The third kappa shape index (κ3) is 4.40. The van der Waals surface area contributed by atoms with Gasteiger partial charge < -0.3 is 5.32 Å². The molecule has 1 nitrogen and oxygen atoms in total. The molecule has 0 saturated carbocycles. The van der Waals surface area contributed by atoms with E-state index in [4.69, 9.17) is 11.6 Å². The average Bonchev–Trinajstić information content (AvgIpc) is 2.26. The smallest absolute Gasteiger partial charge is 0.128 e. The first kappa shape index (κ1) is 13.9. The largest absolute Gasteiger partial charge is 0.310 e. The Morgan fingerprint density at radius 2 is 2.25 bits per heavy atom. The lowest BCUT2D eigenvalue weighted by molar-refractivity contribution is 0.476. The molecule has 1 rings (SSSR count). The van der Waals surface area contributed by atoms with Crippen LogP contribution in [0.5, 0.6) is 0 Å². The molecule has 0 aliphatic heterocycles. The molecule has 0 bridgehead atoms. The molecule has 0 fully saturated rings. The highest BCUT2D eigenvalue weighted by Crippen LogP contribution is 2.15. The van der Waals surface area contributed by atoms with Gasteiger partial charge in [0.05, 0.1) is 0 Å². The van der Waals surface area contributed by atoms with Crippen molar-refractivity contribution in [1.29, 1.82) is 0 Å². The van der Waals surface area contributed by atoms with Crippen LogP contribution in [0.3, 0.4) is 0 Å². The molecule has 1 unspecified atom stereocenters. The molecule has 4 heteroatoms. The van der Waals surface area contributed by atoms with Crippen molar-refractivity contribution in [2.75, 3.05) is 5.88 Å². The molecule has 0 spiro atoms. The molecule has 0 saturated heterocycles. The number of benzene rings is 1. The van der Waals surface area contributed by atoms with Crippen molar-refractivity contribution in [2.45, 2.75) is 32.4 Å². The van der Waals surface area contributed by atoms with Gasteiger partial charge in [0.15, 0.2) is 0 Å². The first-order valence-corrected chi connectivity index (χ1v) is 6.73. The summed E-state index contributed by atoms with van der Waals surface area (Å²) in [7, 11) is 0. The summed E-state index contributed by atoms with van der Waals surface area (Å²) in [6.07, 6.45) is 1.92. The standard InChI is InChI=1S/C12H16BrClFN/c1-2-11(5-6-14)16-8-9-3-4-10(13)7-12(9)15/h3-4,7,11,16H,2,5-6,8H2,1H3. The second kappa shape index (κ2) is 7.25. The summed E-state index contributed by atoms with van der Waals surface area (Å²) in [5.41, 5.74) is 0.691. The van der Waals surface area contributed by atoms with E-state index in [1.54, 1.807) is 6.07 Å². The molecule has 1 aromatic carbocycles. The van der Waals surface area contributed by atoms with Gasteiger partial charge in [-0.05, 0) is 25.0 Å². The van der Waals surface area contributed by atoms with Gasteiger partial charge >= 0.3 is 0 Å². The Morgan fingerprint density at radius 1 is 1.50 bits per heavy atom. The van der Waals surface area contributed by atoms with Gasteiger partial charge in [0.1, 0.15) is 5.82 Å². The van der Waals surface area contributed by atoms with Crippen LogP contribution in [0.1, 0.15) is 25.3 Å². The Bertz CT molecular complexity index is 333. The summed E-state index contributed by atoms with van der Waals surface area (Å²) in [5, 5.41) is 3.31. The Balaban J connectivity index is 2.53. The predicted octanol–water partition coefficient (Wildman–Crippen LogP) is 4.09. The van der Waals surface area contributed by atoms with Crippen molar-refractivity contribution in [3.8, 4) is 0 Å². The third-order valence-corrected chi connectivity index (χ3v) is 3.26. The van der Waals surface area contributed by atoms with Crippen LogP contribution in [0.4, 0.5) is 4.39 Å². The summed E-state index contributed by atoms with van der Waals surface area (Å²) >= 11 is 8.93. The van der Waals surface area contributed by atoms with Crippen molar-refractivity contribution in [3.63, 3.8) is 0 Å². The fourth-order valence-electron chi connectivity index (χ4n) is 1.50. The van der Waals surface area contributed by atoms with Crippen LogP contribution in [-0.2, 0) is 6.54 Å². The highest BCUT2D eigenvalue weighted by molar-refractivity contribution is 9.10. The van der Waals surface area contributed by atoms with E-state index < -0.39 is 0 Å². The van der Waals surface area contributed by atoms with Gasteiger partial charge in [0.2, 0.25) is 0 Å². The Labute approximate surface area is 110 Å². The van der Waals surface area contributed by atoms with Crippen LogP contribution in [0.25, 0.3) is 0 Å². The summed E-state index contributed by atoms with van der Waals surface area (Å²) in [4.78, 5) is 0. The number of hydrogen-bond acceptors (Lipinski definition) is 1. The highest BCUT2D eigenvalue weighted by Gasteiger charge is 2.07. The molecule has 0 aromatic heterocycles. The molecule has 90 valence electrons. The topological polar surface area (TPSA) is 12.0 Å². The summed E-state index contributed by atoms with van der Waals surface area (Å²) in [6.45, 7) is 2.65. The SMILES string of the molecule is CCC(CCCl)NCc1ccc(Br)cc1F. The number of nitrogens with one attached hydrogen (secondary N) is 1. The van der Waals surface area contributed by atoms with Crippen molar-refractivity contribution >= 4 is 27.5 Å². The second-order valence-corrected chi connectivity index (χ2v) is 4.99. The maximum Gasteiger partial charge on any atom is 0.128 e. The van der Waals surface area contributed by atoms with E-state index in [1.807, 2.05) is 6.07 Å². The zero-order valence-electron chi connectivity index (χ0n) is 9.27. The van der Waals surface area contributed by atoms with E-state index in [0.29, 0.717) is 24.0 Å². The van der Waals surface area contributed by atoms with E-state index >= 15 is 0 Å². The number of halogens is 3.